The predicted molar refractivity (Wildman–Crippen MR) is 152 cm³/mol. The van der Waals surface area contributed by atoms with Crippen LogP contribution < -0.4 is 9.80 Å². The Hall–Kier alpha value is -3.10. The molecule has 0 aliphatic heterocycles. The number of rotatable bonds is 8. The maximum absolute atomic E-state index is 14.3. The molecule has 5 aromatic rings. The molecule has 2 aromatic carbocycles. The average Bonchev–Trinajstić information content (AvgIpc) is 3.55. The molecule has 1 unspecified atom stereocenters. The topological polar surface area (TPSA) is 101 Å². The number of nitrogens with one attached hydrogen (secondary N) is 1. The van der Waals surface area contributed by atoms with E-state index in [-0.39, 0.29) is 18.5 Å². The summed E-state index contributed by atoms with van der Waals surface area (Å²) in [5.41, 5.74) is 4.47. The zero-order chi connectivity index (χ0) is 26.9. The van der Waals surface area contributed by atoms with Gasteiger partial charge >= 0.3 is 224 Å². The van der Waals surface area contributed by atoms with Crippen LogP contribution in [0.25, 0.3) is 33.2 Å². The van der Waals surface area contributed by atoms with Gasteiger partial charge < -0.3 is 5.11 Å². The van der Waals surface area contributed by atoms with Crippen molar-refractivity contribution in [3.63, 3.8) is 0 Å². The summed E-state index contributed by atoms with van der Waals surface area (Å²) < 4.78 is 19.4. The summed E-state index contributed by atoms with van der Waals surface area (Å²) in [6.45, 7) is 0.645. The van der Waals surface area contributed by atoms with Gasteiger partial charge in [0.05, 0.1) is 0 Å². The fourth-order valence-electron chi connectivity index (χ4n) is 5.64. The molecule has 3 heterocycles. The summed E-state index contributed by atoms with van der Waals surface area (Å²) >= 11 is 1.45. The van der Waals surface area contributed by atoms with Crippen molar-refractivity contribution < 1.29 is 14.6 Å². The number of hydrogen-bond acceptors (Lipinski definition) is 6. The van der Waals surface area contributed by atoms with Gasteiger partial charge in [-0.25, -0.2) is 0 Å². The third kappa shape index (κ3) is 5.24. The first-order chi connectivity index (χ1) is 19.0. The van der Waals surface area contributed by atoms with Gasteiger partial charge in [0.2, 0.25) is 0 Å². The third-order valence-electron chi connectivity index (χ3n) is 7.76. The summed E-state index contributed by atoms with van der Waals surface area (Å²) in [5, 5.41) is 29.3. The minimum atomic E-state index is -0.726. The second-order valence-corrected chi connectivity index (χ2v) is 11.5. The Labute approximate surface area is 234 Å². The molecular weight excluding hydrogens is 558 g/mol. The van der Waals surface area contributed by atoms with Crippen molar-refractivity contribution in [1.29, 1.82) is 0 Å². The van der Waals surface area contributed by atoms with E-state index in [1.165, 1.54) is 22.9 Å². The van der Waals surface area contributed by atoms with Gasteiger partial charge in [-0.05, 0) is 0 Å². The Balaban J connectivity index is 1.29. The van der Waals surface area contributed by atoms with Crippen LogP contribution in [-0.4, -0.2) is 76.7 Å². The fraction of sp³-hybridized carbons (Fsp3) is 0.345. The Morgan fingerprint density at radius 3 is 2.69 bits per heavy atom. The average molecular weight is 591 g/mol. The number of benzene rings is 2. The van der Waals surface area contributed by atoms with Crippen molar-refractivity contribution in [3.8, 4) is 11.3 Å². The molecule has 6 rings (SSSR count). The molecule has 2 atom stereocenters. The van der Waals surface area contributed by atoms with Gasteiger partial charge in [0.15, 0.2) is 0 Å². The second kappa shape index (κ2) is 11.2. The second-order valence-electron chi connectivity index (χ2n) is 10.3. The normalized spacial score (nSPS) is 18.7. The first-order valence-corrected chi connectivity index (χ1v) is 14.6. The van der Waals surface area contributed by atoms with E-state index in [4.69, 9.17) is 10.2 Å². The molecule has 10 heteroatoms. The van der Waals surface area contributed by atoms with E-state index in [9.17, 15) is 9.50 Å². The van der Waals surface area contributed by atoms with E-state index in [0.29, 0.717) is 24.7 Å². The van der Waals surface area contributed by atoms with Crippen molar-refractivity contribution in [3.05, 3.63) is 72.4 Å². The minimum absolute atomic E-state index is 0.196. The molecule has 0 saturated heterocycles. The van der Waals surface area contributed by atoms with Gasteiger partial charge in [0, 0.05) is 0 Å². The van der Waals surface area contributed by atoms with Crippen LogP contribution in [0.2, 0.25) is 0 Å². The van der Waals surface area contributed by atoms with E-state index >= 15 is 0 Å². The number of aliphatic hydroxyl groups is 2. The first kappa shape index (κ1) is 26.1. The van der Waals surface area contributed by atoms with E-state index < -0.39 is 6.10 Å². The Bertz CT molecular complexity index is 1610. The number of aromatic nitrogens is 5. The molecule has 1 saturated carbocycles. The molecule has 202 valence electrons. The molecule has 8 nitrogen and oxygen atoms in total. The van der Waals surface area contributed by atoms with Crippen LogP contribution in [0.3, 0.4) is 0 Å². The van der Waals surface area contributed by atoms with E-state index in [0.717, 1.165) is 63.4 Å². The number of halogens is 1. The Morgan fingerprint density at radius 1 is 1.08 bits per heavy atom. The van der Waals surface area contributed by atoms with Crippen LogP contribution in [0.1, 0.15) is 37.3 Å². The SMILES string of the molecule is OC[C@@H](O)CN[C@H]1CC[C@H](n2nc(-c3ccc4c(ccn4Cc4ccccc4F)c3)c3c([AsH2])ncnc32)CC1. The molecule has 3 aromatic heterocycles. The van der Waals surface area contributed by atoms with Gasteiger partial charge in [-0.3, -0.25) is 0 Å². The van der Waals surface area contributed by atoms with E-state index in [1.807, 2.05) is 18.3 Å². The molecule has 1 aliphatic rings. The molecular formula is C29H32AsFN6O2. The molecule has 0 amide bonds. The van der Waals surface area contributed by atoms with Crippen molar-refractivity contribution >= 4 is 43.3 Å². The molecule has 0 radical (unpaired) electrons. The van der Waals surface area contributed by atoms with Crippen LogP contribution in [0, 0.1) is 5.82 Å². The van der Waals surface area contributed by atoms with Crippen LogP contribution in [0.5, 0.6) is 0 Å². The number of hydrogen-bond donors (Lipinski definition) is 3. The molecule has 0 spiro atoms. The monoisotopic (exact) mass is 590 g/mol. The molecule has 3 N–H and O–H groups in total. The summed E-state index contributed by atoms with van der Waals surface area (Å²) in [6.07, 6.45) is 6.74. The predicted octanol–water partition coefficient (Wildman–Crippen LogP) is 2.32. The fourth-order valence-corrected chi connectivity index (χ4v) is 6.34. The van der Waals surface area contributed by atoms with Gasteiger partial charge in [-0.1, -0.05) is 6.07 Å². The maximum atomic E-state index is 14.3. The standard InChI is InChI=1S/C29H32AsFN6O2/c30-28-26-27(19-5-10-25-18(13-19)11-12-36(25)15-20-3-1-2-4-24(20)31)35-37(29(26)34-17-33-28)22-8-6-21(7-9-22)32-14-23(39)16-38/h1-5,10-13,17,21-23,32,38-39H,6-9,14-16,30H2/t21-,22-,23-/m0/s1. The molecule has 0 bridgehead atoms. The molecule has 39 heavy (non-hydrogen) atoms. The summed E-state index contributed by atoms with van der Waals surface area (Å²) in [5.74, 6) is -0.196. The molecule has 1 fully saturated rings. The number of fused-ring (bicyclic) bond motifs is 2. The molecule has 1 aliphatic carbocycles. The first-order valence-electron chi connectivity index (χ1n) is 13.4. The van der Waals surface area contributed by atoms with Crippen LogP contribution in [-0.2, 0) is 6.54 Å². The summed E-state index contributed by atoms with van der Waals surface area (Å²) in [4.78, 5) is 9.16. The van der Waals surface area contributed by atoms with Crippen molar-refractivity contribution in [2.75, 3.05) is 13.2 Å². The zero-order valence-electron chi connectivity index (χ0n) is 21.5. The van der Waals surface area contributed by atoms with Crippen molar-refractivity contribution in [2.45, 2.75) is 50.4 Å². The van der Waals surface area contributed by atoms with Crippen LogP contribution in [0.4, 0.5) is 4.39 Å². The summed E-state index contributed by atoms with van der Waals surface area (Å²) in [6, 6.07) is 15.8. The Morgan fingerprint density at radius 2 is 1.90 bits per heavy atom. The van der Waals surface area contributed by atoms with E-state index in [2.05, 4.69) is 48.8 Å². The van der Waals surface area contributed by atoms with Gasteiger partial charge in [0.25, 0.3) is 0 Å². The van der Waals surface area contributed by atoms with Crippen molar-refractivity contribution in [2.24, 2.45) is 0 Å². The van der Waals surface area contributed by atoms with Crippen LogP contribution >= 0.6 is 0 Å². The van der Waals surface area contributed by atoms with Crippen LogP contribution in [0.15, 0.2) is 61.1 Å². The Kier molecular flexibility index (Phi) is 7.49. The van der Waals surface area contributed by atoms with Gasteiger partial charge in [0.1, 0.15) is 0 Å². The number of aliphatic hydroxyl groups excluding tert-OH is 2. The van der Waals surface area contributed by atoms with Gasteiger partial charge in [-0.15, -0.1) is 0 Å². The third-order valence-corrected chi connectivity index (χ3v) is 8.67. The number of nitrogens with zero attached hydrogens (tertiary/aromatic N) is 5. The zero-order valence-corrected chi connectivity index (χ0v) is 24.0. The van der Waals surface area contributed by atoms with Crippen molar-refractivity contribution in [1.82, 2.24) is 29.6 Å². The quantitative estimate of drug-likeness (QED) is 0.240. The van der Waals surface area contributed by atoms with E-state index in [1.54, 1.807) is 12.4 Å². The summed E-state index contributed by atoms with van der Waals surface area (Å²) in [7, 11) is 0. The van der Waals surface area contributed by atoms with Gasteiger partial charge in [-0.2, -0.15) is 0 Å².